The standard InChI is InChI=1S/C49H49NO11/c1-31-40(54-27-32-17-7-3-8-18-32)43(55-28-33-19-9-4-10-20-33)44(56-29-34-21-11-5-12-22-34)49(58-31)61-42-39(50-45(51)36-25-15-16-26-37(36)46(50)52)48(53-2)59-38-30-57-47(60-41(38)42)35-23-13-6-14-24-35/h3-26,31,38-44,47-49H,27-30H2,1-2H3/t31-,38+,39+,40+,41+,42+,43+,44-,47?,48+,49-/m0/s1. The van der Waals surface area contributed by atoms with Crippen LogP contribution in [-0.2, 0) is 62.5 Å². The lowest BCUT2D eigenvalue weighted by Crippen LogP contribution is -2.70. The minimum atomic E-state index is -1.13. The second kappa shape index (κ2) is 18.9. The Labute approximate surface area is 355 Å². The minimum Gasteiger partial charge on any atom is -0.368 e. The van der Waals surface area contributed by atoms with Crippen LogP contribution in [0.5, 0.6) is 0 Å². The molecule has 4 heterocycles. The molecule has 5 aromatic carbocycles. The van der Waals surface area contributed by atoms with E-state index in [4.69, 9.17) is 42.6 Å². The van der Waals surface area contributed by atoms with Gasteiger partial charge in [0, 0.05) is 12.7 Å². The van der Waals surface area contributed by atoms with Gasteiger partial charge < -0.3 is 42.6 Å². The number of rotatable bonds is 14. The Balaban J connectivity index is 1.10. The highest BCUT2D eigenvalue weighted by Gasteiger charge is 2.59. The zero-order valence-electron chi connectivity index (χ0n) is 34.0. The molecule has 3 fully saturated rings. The molecule has 2 amide bonds. The number of carbonyl (C=O) groups is 2. The first-order chi connectivity index (χ1) is 30.0. The predicted molar refractivity (Wildman–Crippen MR) is 221 cm³/mol. The van der Waals surface area contributed by atoms with E-state index >= 15 is 0 Å². The molecule has 316 valence electrons. The molecule has 0 N–H and O–H groups in total. The normalized spacial score (nSPS) is 29.9. The number of fused-ring (bicyclic) bond motifs is 2. The van der Waals surface area contributed by atoms with Crippen molar-refractivity contribution in [2.75, 3.05) is 13.7 Å². The lowest BCUT2D eigenvalue weighted by molar-refractivity contribution is -0.384. The van der Waals surface area contributed by atoms with Gasteiger partial charge in [-0.25, -0.2) is 0 Å². The average molecular weight is 828 g/mol. The van der Waals surface area contributed by atoms with Gasteiger partial charge in [-0.1, -0.05) is 133 Å². The number of hydrogen-bond donors (Lipinski definition) is 0. The summed E-state index contributed by atoms with van der Waals surface area (Å²) < 4.78 is 59.9. The minimum absolute atomic E-state index is 0.118. The summed E-state index contributed by atoms with van der Waals surface area (Å²) in [7, 11) is 1.47. The van der Waals surface area contributed by atoms with Crippen LogP contribution in [0.2, 0.25) is 0 Å². The van der Waals surface area contributed by atoms with Gasteiger partial charge in [-0.2, -0.15) is 0 Å². The summed E-state index contributed by atoms with van der Waals surface area (Å²) in [6, 6.07) is 44.8. The van der Waals surface area contributed by atoms with Gasteiger partial charge in [-0.15, -0.1) is 0 Å². The number of hydrogen-bond acceptors (Lipinski definition) is 11. The van der Waals surface area contributed by atoms with E-state index in [1.165, 1.54) is 12.0 Å². The van der Waals surface area contributed by atoms with Crippen molar-refractivity contribution in [3.8, 4) is 0 Å². The summed E-state index contributed by atoms with van der Waals surface area (Å²) in [5.41, 5.74) is 4.21. The average Bonchev–Trinajstić information content (AvgIpc) is 3.56. The highest BCUT2D eigenvalue weighted by Crippen LogP contribution is 2.42. The zero-order valence-corrected chi connectivity index (χ0v) is 34.0. The molecule has 0 aliphatic carbocycles. The maximum Gasteiger partial charge on any atom is 0.262 e. The number of nitrogens with zero attached hydrogens (tertiary/aromatic N) is 1. The number of benzene rings is 5. The molecule has 9 rings (SSSR count). The highest BCUT2D eigenvalue weighted by atomic mass is 16.8. The first kappa shape index (κ1) is 41.2. The summed E-state index contributed by atoms with van der Waals surface area (Å²) >= 11 is 0. The Bertz CT molecular complexity index is 2180. The van der Waals surface area contributed by atoms with Crippen LogP contribution in [0.1, 0.15) is 56.2 Å². The molecule has 5 aromatic rings. The Morgan fingerprint density at radius 2 is 1.05 bits per heavy atom. The van der Waals surface area contributed by atoms with Crippen molar-refractivity contribution >= 4 is 11.8 Å². The molecule has 0 spiro atoms. The van der Waals surface area contributed by atoms with Gasteiger partial charge in [-0.3, -0.25) is 14.5 Å². The van der Waals surface area contributed by atoms with Gasteiger partial charge in [0.15, 0.2) is 18.9 Å². The Morgan fingerprint density at radius 3 is 1.59 bits per heavy atom. The Kier molecular flexibility index (Phi) is 12.8. The van der Waals surface area contributed by atoms with E-state index in [0.29, 0.717) is 6.61 Å². The molecule has 0 aromatic heterocycles. The predicted octanol–water partition coefficient (Wildman–Crippen LogP) is 7.02. The van der Waals surface area contributed by atoms with E-state index in [0.717, 1.165) is 22.3 Å². The van der Waals surface area contributed by atoms with Crippen LogP contribution < -0.4 is 0 Å². The summed E-state index contributed by atoms with van der Waals surface area (Å²) in [6.07, 6.45) is -8.50. The monoisotopic (exact) mass is 827 g/mol. The quantitative estimate of drug-likeness (QED) is 0.107. The van der Waals surface area contributed by atoms with Crippen molar-refractivity contribution in [3.05, 3.63) is 179 Å². The molecule has 12 heteroatoms. The molecule has 11 atom stereocenters. The summed E-state index contributed by atoms with van der Waals surface area (Å²) in [6.45, 7) is 2.79. The first-order valence-electron chi connectivity index (χ1n) is 20.7. The lowest BCUT2D eigenvalue weighted by Gasteiger charge is -2.52. The van der Waals surface area contributed by atoms with Crippen LogP contribution in [0.4, 0.5) is 0 Å². The summed E-state index contributed by atoms with van der Waals surface area (Å²) in [5.74, 6) is -0.994. The van der Waals surface area contributed by atoms with Crippen LogP contribution in [0.15, 0.2) is 146 Å². The molecule has 0 saturated carbocycles. The van der Waals surface area contributed by atoms with E-state index in [9.17, 15) is 9.59 Å². The topological polar surface area (TPSA) is 120 Å². The summed E-state index contributed by atoms with van der Waals surface area (Å²) in [4.78, 5) is 29.8. The molecular formula is C49H49NO11. The summed E-state index contributed by atoms with van der Waals surface area (Å²) in [5, 5.41) is 0. The third-order valence-electron chi connectivity index (χ3n) is 11.6. The van der Waals surface area contributed by atoms with Gasteiger partial charge in [0.05, 0.1) is 43.7 Å². The molecule has 1 unspecified atom stereocenters. The van der Waals surface area contributed by atoms with Crippen molar-refractivity contribution in [2.24, 2.45) is 0 Å². The van der Waals surface area contributed by atoms with Crippen LogP contribution in [-0.4, -0.2) is 91.8 Å². The van der Waals surface area contributed by atoms with E-state index in [1.54, 1.807) is 24.3 Å². The number of amides is 2. The van der Waals surface area contributed by atoms with Gasteiger partial charge in [0.1, 0.15) is 42.7 Å². The molecular weight excluding hydrogens is 779 g/mol. The van der Waals surface area contributed by atoms with Gasteiger partial charge in [-0.05, 0) is 35.7 Å². The molecule has 12 nitrogen and oxygen atoms in total. The Hall–Kier alpha value is -5.12. The van der Waals surface area contributed by atoms with Gasteiger partial charge in [0.2, 0.25) is 0 Å². The van der Waals surface area contributed by atoms with Crippen molar-refractivity contribution in [2.45, 2.75) is 94.4 Å². The van der Waals surface area contributed by atoms with E-state index < -0.39 is 79.5 Å². The molecule has 4 aliphatic heterocycles. The zero-order chi connectivity index (χ0) is 41.7. The third kappa shape index (κ3) is 8.82. The van der Waals surface area contributed by atoms with Crippen LogP contribution >= 0.6 is 0 Å². The first-order valence-corrected chi connectivity index (χ1v) is 20.7. The highest BCUT2D eigenvalue weighted by molar-refractivity contribution is 6.21. The number of imide groups is 1. The Morgan fingerprint density at radius 1 is 0.557 bits per heavy atom. The molecule has 3 saturated heterocycles. The third-order valence-corrected chi connectivity index (χ3v) is 11.6. The van der Waals surface area contributed by atoms with Gasteiger partial charge >= 0.3 is 0 Å². The second-order valence-electron chi connectivity index (χ2n) is 15.6. The maximum atomic E-state index is 14.3. The molecule has 0 bridgehead atoms. The van der Waals surface area contributed by atoms with Crippen LogP contribution in [0, 0.1) is 0 Å². The van der Waals surface area contributed by atoms with Crippen LogP contribution in [0.25, 0.3) is 0 Å². The van der Waals surface area contributed by atoms with Crippen molar-refractivity contribution < 1.29 is 52.2 Å². The second-order valence-corrected chi connectivity index (χ2v) is 15.6. The fourth-order valence-corrected chi connectivity index (χ4v) is 8.57. The SMILES string of the molecule is CO[C@@H]1O[C@@H]2COC(c3ccccc3)O[C@H]2[C@H](O[C@@H]2O[C@@H](C)[C@@H](OCc3ccccc3)[C@@H](OCc3ccccc3)[C@@H]2OCc2ccccc2)[C@H]1N1C(=O)c2ccccc2C1=O. The van der Waals surface area contributed by atoms with Crippen molar-refractivity contribution in [3.63, 3.8) is 0 Å². The van der Waals surface area contributed by atoms with E-state index in [2.05, 4.69) is 0 Å². The fraction of sp³-hybridized carbons (Fsp3) is 0.347. The molecule has 4 aliphatic rings. The van der Waals surface area contributed by atoms with Crippen LogP contribution in [0.3, 0.4) is 0 Å². The molecule has 61 heavy (non-hydrogen) atoms. The largest absolute Gasteiger partial charge is 0.368 e. The molecule has 0 radical (unpaired) electrons. The number of methoxy groups -OCH3 is 1. The smallest absolute Gasteiger partial charge is 0.262 e. The van der Waals surface area contributed by atoms with E-state index in [1.807, 2.05) is 128 Å². The van der Waals surface area contributed by atoms with Gasteiger partial charge in [0.25, 0.3) is 11.8 Å². The number of carbonyl (C=O) groups excluding carboxylic acids is 2. The lowest BCUT2D eigenvalue weighted by atomic mass is 9.93. The van der Waals surface area contributed by atoms with Crippen molar-refractivity contribution in [1.82, 2.24) is 4.90 Å². The fourth-order valence-electron chi connectivity index (χ4n) is 8.57. The van der Waals surface area contributed by atoms with Crippen molar-refractivity contribution in [1.29, 1.82) is 0 Å². The number of ether oxygens (including phenoxy) is 9. The maximum absolute atomic E-state index is 14.3. The van der Waals surface area contributed by atoms with E-state index in [-0.39, 0.29) is 30.9 Å².